The SMILES string of the molecule is CC(CC(=O)NC(COC(F)F)c1cccc(OC(F)(F)F)c1)C1CC1. The number of benzene rings is 1. The molecule has 1 aromatic carbocycles. The van der Waals surface area contributed by atoms with Crippen LogP contribution in [0.5, 0.6) is 5.75 Å². The van der Waals surface area contributed by atoms with Gasteiger partial charge in [0.15, 0.2) is 0 Å². The summed E-state index contributed by atoms with van der Waals surface area (Å²) in [5, 5.41) is 2.56. The van der Waals surface area contributed by atoms with Gasteiger partial charge in [-0.25, -0.2) is 0 Å². The molecule has 1 N–H and O–H groups in total. The number of nitrogens with one attached hydrogen (secondary N) is 1. The zero-order valence-electron chi connectivity index (χ0n) is 14.1. The molecule has 0 aromatic heterocycles. The number of hydrogen-bond donors (Lipinski definition) is 1. The van der Waals surface area contributed by atoms with E-state index in [1.54, 1.807) is 0 Å². The van der Waals surface area contributed by atoms with Gasteiger partial charge in [0.25, 0.3) is 0 Å². The molecule has 146 valence electrons. The van der Waals surface area contributed by atoms with Crippen LogP contribution in [0.25, 0.3) is 0 Å². The molecule has 1 amide bonds. The molecule has 1 aliphatic carbocycles. The van der Waals surface area contributed by atoms with Crippen molar-refractivity contribution in [2.24, 2.45) is 11.8 Å². The van der Waals surface area contributed by atoms with Gasteiger partial charge in [-0.05, 0) is 42.4 Å². The van der Waals surface area contributed by atoms with Gasteiger partial charge in [0.1, 0.15) is 5.75 Å². The zero-order valence-corrected chi connectivity index (χ0v) is 14.1. The van der Waals surface area contributed by atoms with E-state index in [-0.39, 0.29) is 23.8 Å². The van der Waals surface area contributed by atoms with Gasteiger partial charge in [-0.1, -0.05) is 19.1 Å². The number of rotatable bonds is 9. The van der Waals surface area contributed by atoms with E-state index in [1.807, 2.05) is 6.92 Å². The fraction of sp³-hybridized carbons (Fsp3) is 0.588. The lowest BCUT2D eigenvalue weighted by Crippen LogP contribution is -2.33. The van der Waals surface area contributed by atoms with Crippen LogP contribution >= 0.6 is 0 Å². The first-order chi connectivity index (χ1) is 12.1. The standard InChI is InChI=1S/C17H20F5NO3/c1-10(11-5-6-11)7-15(24)23-14(9-25-16(18)19)12-3-2-4-13(8-12)26-17(20,21)22/h2-4,8,10-11,14,16H,5-7,9H2,1H3,(H,23,24). The average Bonchev–Trinajstić information content (AvgIpc) is 3.34. The Balaban J connectivity index is 2.07. The molecule has 0 saturated heterocycles. The van der Waals surface area contributed by atoms with E-state index >= 15 is 0 Å². The van der Waals surface area contributed by atoms with Crippen molar-refractivity contribution in [3.05, 3.63) is 29.8 Å². The molecule has 26 heavy (non-hydrogen) atoms. The summed E-state index contributed by atoms with van der Waals surface area (Å²) < 4.78 is 69.9. The largest absolute Gasteiger partial charge is 0.573 e. The molecule has 4 nitrogen and oxygen atoms in total. The van der Waals surface area contributed by atoms with Crippen LogP contribution in [0.2, 0.25) is 0 Å². The van der Waals surface area contributed by atoms with Crippen molar-refractivity contribution in [2.75, 3.05) is 6.61 Å². The van der Waals surface area contributed by atoms with Crippen molar-refractivity contribution in [3.63, 3.8) is 0 Å². The zero-order chi connectivity index (χ0) is 19.3. The third kappa shape index (κ3) is 7.15. The highest BCUT2D eigenvalue weighted by Crippen LogP contribution is 2.38. The van der Waals surface area contributed by atoms with Gasteiger partial charge in [0.2, 0.25) is 5.91 Å². The van der Waals surface area contributed by atoms with Crippen LogP contribution in [0.1, 0.15) is 37.8 Å². The molecule has 9 heteroatoms. The highest BCUT2D eigenvalue weighted by atomic mass is 19.4. The second-order valence-electron chi connectivity index (χ2n) is 6.35. The number of alkyl halides is 5. The fourth-order valence-corrected chi connectivity index (χ4v) is 2.70. The van der Waals surface area contributed by atoms with E-state index in [4.69, 9.17) is 0 Å². The molecule has 0 radical (unpaired) electrons. The molecule has 2 unspecified atom stereocenters. The summed E-state index contributed by atoms with van der Waals surface area (Å²) in [6.45, 7) is -1.70. The molecule has 1 saturated carbocycles. The van der Waals surface area contributed by atoms with Gasteiger partial charge < -0.3 is 14.8 Å². The second kappa shape index (κ2) is 8.66. The second-order valence-corrected chi connectivity index (χ2v) is 6.35. The highest BCUT2D eigenvalue weighted by Gasteiger charge is 2.32. The van der Waals surface area contributed by atoms with Gasteiger partial charge in [0, 0.05) is 6.42 Å². The molecule has 2 atom stereocenters. The van der Waals surface area contributed by atoms with Crippen LogP contribution < -0.4 is 10.1 Å². The normalized spacial score (nSPS) is 17.0. The van der Waals surface area contributed by atoms with Gasteiger partial charge in [-0.3, -0.25) is 4.79 Å². The van der Waals surface area contributed by atoms with Gasteiger partial charge in [0.05, 0.1) is 12.6 Å². The Hall–Kier alpha value is -1.90. The smallest absolute Gasteiger partial charge is 0.406 e. The number of halogens is 5. The van der Waals surface area contributed by atoms with E-state index in [1.165, 1.54) is 12.1 Å². The first-order valence-electron chi connectivity index (χ1n) is 8.19. The third-order valence-electron chi connectivity index (χ3n) is 4.15. The van der Waals surface area contributed by atoms with Gasteiger partial charge in [-0.15, -0.1) is 13.2 Å². The summed E-state index contributed by atoms with van der Waals surface area (Å²) >= 11 is 0. The lowest BCUT2D eigenvalue weighted by atomic mass is 10.0. The predicted molar refractivity (Wildman–Crippen MR) is 82.5 cm³/mol. The first-order valence-corrected chi connectivity index (χ1v) is 8.19. The molecular formula is C17H20F5NO3. The van der Waals surface area contributed by atoms with E-state index in [0.717, 1.165) is 25.0 Å². The number of ether oxygens (including phenoxy) is 2. The van der Waals surface area contributed by atoms with Crippen molar-refractivity contribution < 1.29 is 36.2 Å². The number of hydrogen-bond acceptors (Lipinski definition) is 3. The molecule has 1 aromatic rings. The summed E-state index contributed by atoms with van der Waals surface area (Å²) in [6, 6.07) is 3.80. The van der Waals surface area contributed by atoms with Crippen molar-refractivity contribution in [1.29, 1.82) is 0 Å². The lowest BCUT2D eigenvalue weighted by Gasteiger charge is -2.21. The molecule has 2 rings (SSSR count). The Labute approximate surface area is 147 Å². The molecule has 0 heterocycles. The van der Waals surface area contributed by atoms with E-state index in [2.05, 4.69) is 14.8 Å². The van der Waals surface area contributed by atoms with Crippen LogP contribution in [-0.4, -0.2) is 25.5 Å². The molecule has 0 aliphatic heterocycles. The maximum atomic E-state index is 12.4. The van der Waals surface area contributed by atoms with E-state index in [0.29, 0.717) is 5.92 Å². The Morgan fingerprint density at radius 3 is 2.58 bits per heavy atom. The molecule has 1 aliphatic rings. The molecule has 0 bridgehead atoms. The summed E-state index contributed by atoms with van der Waals surface area (Å²) in [5.41, 5.74) is 0.180. The Kier molecular flexibility index (Phi) is 6.80. The average molecular weight is 381 g/mol. The van der Waals surface area contributed by atoms with Crippen LogP contribution in [-0.2, 0) is 9.53 Å². The Morgan fingerprint density at radius 2 is 2.00 bits per heavy atom. The van der Waals surface area contributed by atoms with Crippen LogP contribution in [0, 0.1) is 11.8 Å². The quantitative estimate of drug-likeness (QED) is 0.645. The van der Waals surface area contributed by atoms with Crippen LogP contribution in [0.3, 0.4) is 0 Å². The predicted octanol–water partition coefficient (Wildman–Crippen LogP) is 4.42. The van der Waals surface area contributed by atoms with Gasteiger partial charge in [-0.2, -0.15) is 8.78 Å². The summed E-state index contributed by atoms with van der Waals surface area (Å²) in [5.74, 6) is -0.223. The fourth-order valence-electron chi connectivity index (χ4n) is 2.70. The monoisotopic (exact) mass is 381 g/mol. The van der Waals surface area contributed by atoms with Crippen molar-refractivity contribution in [3.8, 4) is 5.75 Å². The van der Waals surface area contributed by atoms with Crippen LogP contribution in [0.4, 0.5) is 22.0 Å². The minimum absolute atomic E-state index is 0.159. The van der Waals surface area contributed by atoms with Crippen molar-refractivity contribution in [2.45, 2.75) is 45.2 Å². The Morgan fingerprint density at radius 1 is 1.31 bits per heavy atom. The first kappa shape index (κ1) is 20.4. The van der Waals surface area contributed by atoms with Gasteiger partial charge >= 0.3 is 13.0 Å². The maximum Gasteiger partial charge on any atom is 0.573 e. The van der Waals surface area contributed by atoms with Crippen molar-refractivity contribution >= 4 is 5.91 Å². The minimum atomic E-state index is -4.88. The van der Waals surface area contributed by atoms with E-state index < -0.39 is 31.4 Å². The third-order valence-corrected chi connectivity index (χ3v) is 4.15. The summed E-state index contributed by atoms with van der Waals surface area (Å²) in [4.78, 5) is 12.2. The molecular weight excluding hydrogens is 361 g/mol. The number of carbonyl (C=O) groups is 1. The number of amides is 1. The summed E-state index contributed by atoms with van der Waals surface area (Å²) in [6.07, 6.45) is -2.54. The lowest BCUT2D eigenvalue weighted by molar-refractivity contribution is -0.274. The highest BCUT2D eigenvalue weighted by molar-refractivity contribution is 5.76. The maximum absolute atomic E-state index is 12.4. The Bertz CT molecular complexity index is 604. The van der Waals surface area contributed by atoms with E-state index in [9.17, 15) is 26.7 Å². The van der Waals surface area contributed by atoms with Crippen LogP contribution in [0.15, 0.2) is 24.3 Å². The van der Waals surface area contributed by atoms with Crippen molar-refractivity contribution in [1.82, 2.24) is 5.32 Å². The topological polar surface area (TPSA) is 47.6 Å². The molecule has 0 spiro atoms. The minimum Gasteiger partial charge on any atom is -0.406 e. The summed E-state index contributed by atoms with van der Waals surface area (Å²) in [7, 11) is 0. The number of carbonyl (C=O) groups excluding carboxylic acids is 1. The molecule has 1 fully saturated rings.